The first-order valence-corrected chi connectivity index (χ1v) is 18.9. The number of rotatable bonds is 3. The lowest BCUT2D eigenvalue weighted by atomic mass is 9.79. The van der Waals surface area contributed by atoms with Crippen molar-refractivity contribution in [2.75, 3.05) is 4.90 Å². The maximum atomic E-state index is 2.56. The van der Waals surface area contributed by atoms with Crippen LogP contribution >= 0.6 is 0 Å². The van der Waals surface area contributed by atoms with Crippen molar-refractivity contribution in [3.63, 3.8) is 0 Å². The normalized spacial score (nSPS) is 14.7. The fourth-order valence-corrected chi connectivity index (χ4v) is 10.2. The molecule has 0 saturated heterocycles. The van der Waals surface area contributed by atoms with E-state index in [0.717, 1.165) is 5.69 Å². The van der Waals surface area contributed by atoms with E-state index in [9.17, 15) is 0 Å². The molecule has 0 N–H and O–H groups in total. The summed E-state index contributed by atoms with van der Waals surface area (Å²) in [5, 5.41) is 10.4. The predicted octanol–water partition coefficient (Wildman–Crippen LogP) is 14.4. The Hall–Kier alpha value is -6.18. The number of benzene rings is 9. The number of hydrogen-bond donors (Lipinski definition) is 0. The van der Waals surface area contributed by atoms with Crippen molar-refractivity contribution in [1.29, 1.82) is 0 Å². The van der Waals surface area contributed by atoms with E-state index in [-0.39, 0.29) is 10.8 Å². The number of para-hydroxylation sites is 1. The van der Waals surface area contributed by atoms with Gasteiger partial charge in [0.15, 0.2) is 0 Å². The Morgan fingerprint density at radius 1 is 0.358 bits per heavy atom. The molecule has 0 unspecified atom stereocenters. The van der Waals surface area contributed by atoms with E-state index in [1.54, 1.807) is 0 Å². The maximum absolute atomic E-state index is 2.56. The molecule has 252 valence electrons. The van der Waals surface area contributed by atoms with Crippen LogP contribution in [0, 0.1) is 0 Å². The summed E-state index contributed by atoms with van der Waals surface area (Å²) in [6, 6.07) is 61.3. The van der Waals surface area contributed by atoms with Crippen LogP contribution < -0.4 is 4.90 Å². The fourth-order valence-electron chi connectivity index (χ4n) is 10.2. The monoisotopic (exact) mass is 677 g/mol. The highest BCUT2D eigenvalue weighted by atomic mass is 15.1. The van der Waals surface area contributed by atoms with Crippen molar-refractivity contribution in [3.8, 4) is 22.3 Å². The zero-order valence-electron chi connectivity index (χ0n) is 30.5. The first kappa shape index (κ1) is 30.4. The van der Waals surface area contributed by atoms with Gasteiger partial charge >= 0.3 is 0 Å². The van der Waals surface area contributed by atoms with Crippen molar-refractivity contribution >= 4 is 60.2 Å². The van der Waals surface area contributed by atoms with Crippen LogP contribution in [0.1, 0.15) is 49.9 Å². The number of anilines is 3. The summed E-state index contributed by atoms with van der Waals surface area (Å²) in [6.45, 7) is 9.68. The van der Waals surface area contributed by atoms with Crippen LogP contribution in [0.25, 0.3) is 65.3 Å². The summed E-state index contributed by atoms with van der Waals surface area (Å²) in [5.74, 6) is 0. The quantitative estimate of drug-likeness (QED) is 0.180. The Balaban J connectivity index is 1.24. The van der Waals surface area contributed by atoms with Crippen molar-refractivity contribution in [3.05, 3.63) is 186 Å². The molecule has 1 heteroatoms. The Morgan fingerprint density at radius 2 is 0.736 bits per heavy atom. The van der Waals surface area contributed by atoms with Gasteiger partial charge in [0.05, 0.1) is 11.4 Å². The second-order valence-electron chi connectivity index (χ2n) is 16.1. The Labute approximate surface area is 310 Å². The van der Waals surface area contributed by atoms with Gasteiger partial charge < -0.3 is 4.90 Å². The first-order chi connectivity index (χ1) is 25.8. The largest absolute Gasteiger partial charge is 0.309 e. The highest BCUT2D eigenvalue weighted by molar-refractivity contribution is 6.16. The van der Waals surface area contributed by atoms with E-state index >= 15 is 0 Å². The molecule has 53 heavy (non-hydrogen) atoms. The zero-order chi connectivity index (χ0) is 35.6. The highest BCUT2D eigenvalue weighted by Crippen LogP contribution is 2.59. The summed E-state index contributed by atoms with van der Waals surface area (Å²) < 4.78 is 0. The van der Waals surface area contributed by atoms with Crippen LogP contribution in [0.5, 0.6) is 0 Å². The molecule has 0 radical (unpaired) electrons. The average Bonchev–Trinajstić information content (AvgIpc) is 3.58. The van der Waals surface area contributed by atoms with Crippen LogP contribution in [0.3, 0.4) is 0 Å². The summed E-state index contributed by atoms with van der Waals surface area (Å²) in [5.41, 5.74) is 14.2. The van der Waals surface area contributed by atoms with E-state index < -0.39 is 0 Å². The van der Waals surface area contributed by atoms with Gasteiger partial charge in [-0.05, 0) is 101 Å². The van der Waals surface area contributed by atoms with Crippen LogP contribution in [-0.4, -0.2) is 0 Å². The summed E-state index contributed by atoms with van der Waals surface area (Å²) in [4.78, 5) is 2.56. The molecular formula is C52H39N. The lowest BCUT2D eigenvalue weighted by molar-refractivity contribution is 0.666. The Bertz CT molecular complexity index is 2810. The van der Waals surface area contributed by atoms with Crippen LogP contribution in [0.4, 0.5) is 17.1 Å². The second-order valence-corrected chi connectivity index (χ2v) is 16.1. The SMILES string of the molecule is CC1(C)c2cc(N(c3ccccc3)c3cc4c(c5ccccc35)-c3ccc5ccccc5c3C4(C)C)c3ccccc3c2-c2ccc3ccccc3c21. The zero-order valence-corrected chi connectivity index (χ0v) is 30.5. The van der Waals surface area contributed by atoms with Gasteiger partial charge in [-0.25, -0.2) is 0 Å². The van der Waals surface area contributed by atoms with Crippen LogP contribution in [-0.2, 0) is 10.8 Å². The van der Waals surface area contributed by atoms with Gasteiger partial charge in [0.2, 0.25) is 0 Å². The van der Waals surface area contributed by atoms with Crippen LogP contribution in [0.15, 0.2) is 164 Å². The van der Waals surface area contributed by atoms with Crippen molar-refractivity contribution < 1.29 is 0 Å². The third kappa shape index (κ3) is 4.03. The van der Waals surface area contributed by atoms with Crippen molar-refractivity contribution in [1.82, 2.24) is 0 Å². The van der Waals surface area contributed by atoms with Gasteiger partial charge in [0.1, 0.15) is 0 Å². The lowest BCUT2D eigenvalue weighted by Crippen LogP contribution is -2.19. The molecular weight excluding hydrogens is 639 g/mol. The topological polar surface area (TPSA) is 3.24 Å². The molecule has 2 aliphatic rings. The third-order valence-electron chi connectivity index (χ3n) is 12.5. The summed E-state index contributed by atoms with van der Waals surface area (Å²) in [6.07, 6.45) is 0. The standard InChI is InChI=1S/C52H39N/c1-51(2)43-30-45(37-22-12-14-24-39(37)47(43)41-28-26-32-16-8-10-20-35(32)49(41)51)53(34-18-6-5-7-19-34)46-31-44-48(40-25-15-13-23-38(40)46)42-29-27-33-17-9-11-21-36(33)50(42)52(44,3)4/h5-31H,1-4H3. The smallest absolute Gasteiger partial charge is 0.0543 e. The summed E-state index contributed by atoms with van der Waals surface area (Å²) in [7, 11) is 0. The average molecular weight is 678 g/mol. The molecule has 11 rings (SSSR count). The van der Waals surface area contributed by atoms with Crippen molar-refractivity contribution in [2.24, 2.45) is 0 Å². The van der Waals surface area contributed by atoms with Gasteiger partial charge in [-0.2, -0.15) is 0 Å². The van der Waals surface area contributed by atoms with Gasteiger partial charge in [0.25, 0.3) is 0 Å². The molecule has 0 saturated carbocycles. The molecule has 0 amide bonds. The van der Waals surface area contributed by atoms with E-state index in [1.807, 2.05) is 0 Å². The molecule has 0 atom stereocenters. The minimum atomic E-state index is -0.197. The number of hydrogen-bond acceptors (Lipinski definition) is 1. The summed E-state index contributed by atoms with van der Waals surface area (Å²) >= 11 is 0. The maximum Gasteiger partial charge on any atom is 0.0543 e. The molecule has 0 bridgehead atoms. The lowest BCUT2D eigenvalue weighted by Gasteiger charge is -2.32. The van der Waals surface area contributed by atoms with Gasteiger partial charge in [-0.3, -0.25) is 0 Å². The van der Waals surface area contributed by atoms with Gasteiger partial charge in [0, 0.05) is 27.3 Å². The predicted molar refractivity (Wildman–Crippen MR) is 226 cm³/mol. The molecule has 0 aliphatic heterocycles. The van der Waals surface area contributed by atoms with E-state index in [0.29, 0.717) is 0 Å². The van der Waals surface area contributed by atoms with Crippen LogP contribution in [0.2, 0.25) is 0 Å². The number of fused-ring (bicyclic) bond motifs is 14. The minimum absolute atomic E-state index is 0.197. The third-order valence-corrected chi connectivity index (χ3v) is 12.5. The molecule has 0 spiro atoms. The van der Waals surface area contributed by atoms with Gasteiger partial charge in [-0.15, -0.1) is 0 Å². The molecule has 0 aromatic heterocycles. The molecule has 0 heterocycles. The molecule has 0 fully saturated rings. The first-order valence-electron chi connectivity index (χ1n) is 18.9. The Kier molecular flexibility index (Phi) is 6.14. The minimum Gasteiger partial charge on any atom is -0.309 e. The molecule has 2 aliphatic carbocycles. The van der Waals surface area contributed by atoms with E-state index in [4.69, 9.17) is 0 Å². The molecule has 9 aromatic rings. The molecule has 9 aromatic carbocycles. The number of nitrogens with zero attached hydrogens (tertiary/aromatic N) is 1. The fraction of sp³-hybridized carbons (Fsp3) is 0.115. The molecule has 1 nitrogen and oxygen atoms in total. The Morgan fingerprint density at radius 3 is 1.19 bits per heavy atom. The van der Waals surface area contributed by atoms with Gasteiger partial charge in [-0.1, -0.05) is 167 Å². The highest BCUT2D eigenvalue weighted by Gasteiger charge is 2.41. The second kappa shape index (κ2) is 10.7. The van der Waals surface area contributed by atoms with E-state index in [1.165, 1.54) is 99.0 Å². The van der Waals surface area contributed by atoms with Crippen molar-refractivity contribution in [2.45, 2.75) is 38.5 Å². The van der Waals surface area contributed by atoms with E-state index in [2.05, 4.69) is 196 Å².